The molecule has 1 aliphatic rings. The molecule has 0 saturated carbocycles. The molecule has 0 bridgehead atoms. The van der Waals surface area contributed by atoms with Crippen LogP contribution < -0.4 is 10.6 Å². The SMILES string of the molecule is Cc1c(-c2ccc(C(N)=O)c3[nH]c4cnc(C(C)(C)O)cc4c23)cccc1N1Cc2ccc(F)cc2C1=O. The summed E-state index contributed by atoms with van der Waals surface area (Å²) in [4.78, 5) is 34.9. The van der Waals surface area contributed by atoms with Crippen molar-refractivity contribution < 1.29 is 19.1 Å². The molecule has 4 N–H and O–H groups in total. The van der Waals surface area contributed by atoms with Gasteiger partial charge in [0.1, 0.15) is 11.4 Å². The number of primary amides is 1. The smallest absolute Gasteiger partial charge is 0.259 e. The van der Waals surface area contributed by atoms with Crippen LogP contribution in [-0.4, -0.2) is 26.9 Å². The van der Waals surface area contributed by atoms with Crippen molar-refractivity contribution in [2.45, 2.75) is 32.9 Å². The summed E-state index contributed by atoms with van der Waals surface area (Å²) in [5.41, 5.74) is 11.0. The minimum absolute atomic E-state index is 0.248. The second-order valence-corrected chi connectivity index (χ2v) is 10.2. The molecule has 3 heterocycles. The zero-order valence-electron chi connectivity index (χ0n) is 21.1. The van der Waals surface area contributed by atoms with Gasteiger partial charge >= 0.3 is 0 Å². The maximum atomic E-state index is 13.8. The van der Waals surface area contributed by atoms with E-state index in [1.54, 1.807) is 37.1 Å². The molecule has 2 aromatic heterocycles. The second kappa shape index (κ2) is 8.22. The van der Waals surface area contributed by atoms with Gasteiger partial charge in [0.25, 0.3) is 11.8 Å². The number of carbonyl (C=O) groups excluding carboxylic acids is 2. The molecule has 3 aromatic carbocycles. The third kappa shape index (κ3) is 3.56. The number of pyridine rings is 1. The summed E-state index contributed by atoms with van der Waals surface area (Å²) in [5, 5.41) is 12.2. The maximum absolute atomic E-state index is 13.8. The maximum Gasteiger partial charge on any atom is 0.259 e. The third-order valence-electron chi connectivity index (χ3n) is 7.29. The van der Waals surface area contributed by atoms with Crippen LogP contribution in [0.3, 0.4) is 0 Å². The lowest BCUT2D eigenvalue weighted by molar-refractivity contribution is 0.0740. The lowest BCUT2D eigenvalue weighted by Crippen LogP contribution is -2.24. The Morgan fingerprint density at radius 1 is 1.11 bits per heavy atom. The van der Waals surface area contributed by atoms with E-state index in [0.29, 0.717) is 34.4 Å². The Balaban J connectivity index is 1.58. The monoisotopic (exact) mass is 508 g/mol. The van der Waals surface area contributed by atoms with E-state index in [1.807, 2.05) is 37.3 Å². The van der Waals surface area contributed by atoms with E-state index in [0.717, 1.165) is 38.7 Å². The fourth-order valence-electron chi connectivity index (χ4n) is 5.35. The first-order valence-electron chi connectivity index (χ1n) is 12.2. The molecule has 8 heteroatoms. The number of aliphatic hydroxyl groups is 1. The van der Waals surface area contributed by atoms with Crippen LogP contribution in [0.5, 0.6) is 0 Å². The largest absolute Gasteiger partial charge is 0.384 e. The Morgan fingerprint density at radius 3 is 2.63 bits per heavy atom. The molecule has 0 unspecified atom stereocenters. The summed E-state index contributed by atoms with van der Waals surface area (Å²) in [6.07, 6.45) is 1.64. The number of H-pyrrole nitrogens is 1. The molecular formula is C30H25FN4O3. The summed E-state index contributed by atoms with van der Waals surface area (Å²) in [6, 6.07) is 15.4. The van der Waals surface area contributed by atoms with Crippen LogP contribution in [0.15, 0.2) is 60.8 Å². The zero-order valence-corrected chi connectivity index (χ0v) is 21.1. The van der Waals surface area contributed by atoms with Gasteiger partial charge in [-0.3, -0.25) is 14.6 Å². The predicted molar refractivity (Wildman–Crippen MR) is 144 cm³/mol. The van der Waals surface area contributed by atoms with Crippen LogP contribution in [0, 0.1) is 12.7 Å². The number of hydrogen-bond donors (Lipinski definition) is 3. The Hall–Kier alpha value is -4.56. The van der Waals surface area contributed by atoms with Crippen LogP contribution in [0.2, 0.25) is 0 Å². The fourth-order valence-corrected chi connectivity index (χ4v) is 5.35. The summed E-state index contributed by atoms with van der Waals surface area (Å²) in [7, 11) is 0. The van der Waals surface area contributed by atoms with E-state index in [9.17, 15) is 19.1 Å². The van der Waals surface area contributed by atoms with Crippen molar-refractivity contribution >= 4 is 39.3 Å². The van der Waals surface area contributed by atoms with Crippen LogP contribution in [0.4, 0.5) is 10.1 Å². The molecule has 0 spiro atoms. The van der Waals surface area contributed by atoms with Crippen LogP contribution in [-0.2, 0) is 12.1 Å². The average molecular weight is 509 g/mol. The summed E-state index contributed by atoms with van der Waals surface area (Å²) < 4.78 is 13.8. The Morgan fingerprint density at radius 2 is 1.89 bits per heavy atom. The van der Waals surface area contributed by atoms with Gasteiger partial charge in [0.05, 0.1) is 35.0 Å². The first-order chi connectivity index (χ1) is 18.0. The fraction of sp³-hybridized carbons (Fsp3) is 0.167. The molecule has 0 fully saturated rings. The van der Waals surface area contributed by atoms with Crippen molar-refractivity contribution in [3.63, 3.8) is 0 Å². The number of nitrogens with zero attached hydrogens (tertiary/aromatic N) is 2. The van der Waals surface area contributed by atoms with E-state index < -0.39 is 17.3 Å². The van der Waals surface area contributed by atoms with Gasteiger partial charge in [0.2, 0.25) is 0 Å². The number of benzene rings is 3. The Labute approximate surface area is 217 Å². The molecule has 0 radical (unpaired) electrons. The minimum atomic E-state index is -1.17. The van der Waals surface area contributed by atoms with Gasteiger partial charge in [-0.1, -0.05) is 24.3 Å². The van der Waals surface area contributed by atoms with Crippen molar-refractivity contribution in [1.29, 1.82) is 0 Å². The molecule has 190 valence electrons. The zero-order chi connectivity index (χ0) is 26.9. The first kappa shape index (κ1) is 23.8. The topological polar surface area (TPSA) is 112 Å². The molecule has 38 heavy (non-hydrogen) atoms. The van der Waals surface area contributed by atoms with Crippen LogP contribution >= 0.6 is 0 Å². The normalized spacial score (nSPS) is 13.5. The second-order valence-electron chi connectivity index (χ2n) is 10.2. The van der Waals surface area contributed by atoms with Crippen LogP contribution in [0.25, 0.3) is 32.9 Å². The van der Waals surface area contributed by atoms with Crippen molar-refractivity contribution in [3.8, 4) is 11.1 Å². The Kier molecular flexibility index (Phi) is 5.15. The summed E-state index contributed by atoms with van der Waals surface area (Å²) in [6.45, 7) is 5.61. The summed E-state index contributed by atoms with van der Waals surface area (Å²) in [5.74, 6) is -1.26. The standard InChI is InChI=1S/C30H25FN4O3/c1-15-18(5-4-6-24(15)35-14-16-7-8-17(31)11-21(16)29(35)37)19-9-10-20(28(32)36)27-26(19)22-12-25(30(2,3)38)33-13-23(22)34-27/h4-13,34,38H,14H2,1-3H3,(H2,32,36). The number of nitrogens with one attached hydrogen (secondary N) is 1. The van der Waals surface area contributed by atoms with Gasteiger partial charge in [-0.15, -0.1) is 0 Å². The molecule has 5 aromatic rings. The average Bonchev–Trinajstić information content (AvgIpc) is 3.40. The molecular weight excluding hydrogens is 483 g/mol. The number of nitrogens with two attached hydrogens (primary N) is 1. The van der Waals surface area contributed by atoms with E-state index in [2.05, 4.69) is 9.97 Å². The van der Waals surface area contributed by atoms with Crippen molar-refractivity contribution in [2.75, 3.05) is 4.90 Å². The van der Waals surface area contributed by atoms with Gasteiger partial charge in [0, 0.05) is 22.0 Å². The number of aromatic nitrogens is 2. The van der Waals surface area contributed by atoms with Crippen molar-refractivity contribution in [3.05, 3.63) is 94.6 Å². The number of anilines is 1. The molecule has 6 rings (SSSR count). The Bertz CT molecular complexity index is 1820. The number of aromatic amines is 1. The van der Waals surface area contributed by atoms with Gasteiger partial charge in [-0.05, 0) is 73.4 Å². The van der Waals surface area contributed by atoms with Crippen molar-refractivity contribution in [1.82, 2.24) is 9.97 Å². The van der Waals surface area contributed by atoms with E-state index in [-0.39, 0.29) is 5.91 Å². The lowest BCUT2D eigenvalue weighted by Gasteiger charge is -2.21. The molecule has 2 amide bonds. The number of fused-ring (bicyclic) bond motifs is 4. The highest BCUT2D eigenvalue weighted by molar-refractivity contribution is 6.20. The number of rotatable bonds is 4. The number of hydrogen-bond acceptors (Lipinski definition) is 4. The lowest BCUT2D eigenvalue weighted by atomic mass is 9.92. The highest BCUT2D eigenvalue weighted by Crippen LogP contribution is 2.41. The molecule has 7 nitrogen and oxygen atoms in total. The van der Waals surface area contributed by atoms with Gasteiger partial charge < -0.3 is 20.7 Å². The number of carbonyl (C=O) groups is 2. The number of halogens is 1. The highest BCUT2D eigenvalue weighted by Gasteiger charge is 2.30. The number of amides is 2. The molecule has 0 atom stereocenters. The third-order valence-corrected chi connectivity index (χ3v) is 7.29. The van der Waals surface area contributed by atoms with Gasteiger partial charge in [0.15, 0.2) is 0 Å². The van der Waals surface area contributed by atoms with E-state index in [1.165, 1.54) is 12.1 Å². The summed E-state index contributed by atoms with van der Waals surface area (Å²) >= 11 is 0. The van der Waals surface area contributed by atoms with E-state index in [4.69, 9.17) is 5.73 Å². The minimum Gasteiger partial charge on any atom is -0.384 e. The van der Waals surface area contributed by atoms with E-state index >= 15 is 0 Å². The predicted octanol–water partition coefficient (Wildman–Crippen LogP) is 5.32. The quantitative estimate of drug-likeness (QED) is 0.305. The van der Waals surface area contributed by atoms with Crippen molar-refractivity contribution in [2.24, 2.45) is 5.73 Å². The highest BCUT2D eigenvalue weighted by atomic mass is 19.1. The molecule has 0 saturated heterocycles. The van der Waals surface area contributed by atoms with Gasteiger partial charge in [-0.2, -0.15) is 0 Å². The van der Waals surface area contributed by atoms with Crippen LogP contribution in [0.1, 0.15) is 51.4 Å². The van der Waals surface area contributed by atoms with Gasteiger partial charge in [-0.25, -0.2) is 4.39 Å². The first-order valence-corrected chi connectivity index (χ1v) is 12.2. The molecule has 1 aliphatic heterocycles. The molecule has 0 aliphatic carbocycles.